The molecule has 6 nitrogen and oxygen atoms in total. The monoisotopic (exact) mass is 465 g/mol. The Morgan fingerprint density at radius 3 is 2.62 bits per heavy atom. The van der Waals surface area contributed by atoms with Crippen molar-refractivity contribution in [1.82, 2.24) is 20.0 Å². The number of rotatable bonds is 6. The van der Waals surface area contributed by atoms with Gasteiger partial charge >= 0.3 is 0 Å². The third-order valence-electron chi connectivity index (χ3n) is 8.53. The minimum absolute atomic E-state index is 0.0152. The molecule has 1 saturated carbocycles. The summed E-state index contributed by atoms with van der Waals surface area (Å²) >= 11 is 0. The van der Waals surface area contributed by atoms with Crippen LogP contribution in [-0.2, 0) is 10.2 Å². The van der Waals surface area contributed by atoms with E-state index in [0.29, 0.717) is 32.7 Å². The molecule has 0 N–H and O–H groups in total. The van der Waals surface area contributed by atoms with Crippen molar-refractivity contribution in [3.63, 3.8) is 0 Å². The Kier molecular flexibility index (Phi) is 5.44. The second-order valence-electron chi connectivity index (χ2n) is 10.5. The zero-order chi connectivity index (χ0) is 24.3. The number of carbonyl (C=O) groups is 1. The summed E-state index contributed by atoms with van der Waals surface area (Å²) in [5.74, 6) is -1.05. The van der Waals surface area contributed by atoms with E-state index in [1.807, 2.05) is 16.7 Å². The first-order valence-corrected chi connectivity index (χ1v) is 11.9. The Labute approximate surface area is 198 Å². The zero-order valence-electron chi connectivity index (χ0n) is 19.8. The third-order valence-corrected chi connectivity index (χ3v) is 8.53. The van der Waals surface area contributed by atoms with Gasteiger partial charge in [0.1, 0.15) is 11.6 Å². The predicted octanol–water partition coefficient (Wildman–Crippen LogP) is 3.88. The molecule has 3 aliphatic rings. The van der Waals surface area contributed by atoms with E-state index >= 15 is 0 Å². The summed E-state index contributed by atoms with van der Waals surface area (Å²) in [6, 6.07) is 7.84. The van der Waals surface area contributed by atoms with Crippen molar-refractivity contribution in [3.05, 3.63) is 47.2 Å². The molecule has 0 radical (unpaired) electrons. The van der Waals surface area contributed by atoms with Crippen LogP contribution in [0.15, 0.2) is 24.3 Å². The molecule has 0 unspecified atom stereocenters. The Morgan fingerprint density at radius 1 is 1.26 bits per heavy atom. The van der Waals surface area contributed by atoms with Crippen LogP contribution in [0.4, 0.5) is 8.78 Å². The molecule has 178 valence electrons. The molecule has 2 bridgehead atoms. The summed E-state index contributed by atoms with van der Waals surface area (Å²) in [5, 5.41) is 17.8. The minimum Gasteiger partial charge on any atom is -0.341 e. The molecule has 2 atom stereocenters. The Morgan fingerprint density at radius 2 is 1.97 bits per heavy atom. The number of hydrogen-bond acceptors (Lipinski definition) is 5. The van der Waals surface area contributed by atoms with E-state index in [0.717, 1.165) is 24.1 Å². The van der Waals surface area contributed by atoms with Crippen LogP contribution in [0.5, 0.6) is 0 Å². The molecule has 34 heavy (non-hydrogen) atoms. The number of benzene rings is 1. The first-order valence-electron chi connectivity index (χ1n) is 11.9. The average molecular weight is 466 g/mol. The van der Waals surface area contributed by atoms with Gasteiger partial charge in [0.25, 0.3) is 0 Å². The quantitative estimate of drug-likeness (QED) is 0.647. The highest BCUT2D eigenvalue weighted by atomic mass is 19.1. The number of amides is 1. The number of likely N-dealkylation sites (N-methyl/N-ethyl adjacent to an activating group) is 1. The van der Waals surface area contributed by atoms with Crippen molar-refractivity contribution in [2.75, 3.05) is 32.7 Å². The van der Waals surface area contributed by atoms with Gasteiger partial charge in [0.05, 0.1) is 35.5 Å². The number of likely N-dealkylation sites (tertiary alicyclic amines) is 1. The number of hydrogen-bond donors (Lipinski definition) is 0. The molecule has 1 aromatic heterocycles. The first-order chi connectivity index (χ1) is 16.2. The van der Waals surface area contributed by atoms with Gasteiger partial charge < -0.3 is 4.90 Å². The topological polar surface area (TPSA) is 73.1 Å². The van der Waals surface area contributed by atoms with Crippen molar-refractivity contribution >= 4 is 5.91 Å². The Balaban J connectivity index is 1.45. The van der Waals surface area contributed by atoms with E-state index in [1.165, 1.54) is 18.2 Å². The molecule has 0 spiro atoms. The average Bonchev–Trinajstić information content (AvgIpc) is 3.13. The van der Waals surface area contributed by atoms with Crippen molar-refractivity contribution in [2.24, 2.45) is 11.3 Å². The highest BCUT2D eigenvalue weighted by Gasteiger charge is 2.64. The van der Waals surface area contributed by atoms with Gasteiger partial charge in [0.2, 0.25) is 5.91 Å². The molecule has 2 heterocycles. The summed E-state index contributed by atoms with van der Waals surface area (Å²) in [6.45, 7) is 9.12. The summed E-state index contributed by atoms with van der Waals surface area (Å²) in [5.41, 5.74) is 1.37. The normalized spacial score (nSPS) is 25.0. The minimum atomic E-state index is -0.654. The number of fused-ring (bicyclic) bond motifs is 5. The van der Waals surface area contributed by atoms with Gasteiger partial charge in [-0.2, -0.15) is 15.5 Å². The van der Waals surface area contributed by atoms with Gasteiger partial charge in [0, 0.05) is 31.6 Å². The molecule has 8 heteroatoms. The van der Waals surface area contributed by atoms with E-state index in [4.69, 9.17) is 5.26 Å². The summed E-state index contributed by atoms with van der Waals surface area (Å²) in [6.07, 6.45) is 1.83. The number of aromatic nitrogens is 2. The molecule has 1 amide bonds. The van der Waals surface area contributed by atoms with E-state index < -0.39 is 11.6 Å². The molecule has 2 aliphatic carbocycles. The SMILES string of the molecule is CCN(C[C@@]12CC[C@@H](c3cc(-c4c(F)cccc4F)nnc31)C2(C)C)C(=O)CN1CC(C#N)C1. The number of carbonyl (C=O) groups excluding carboxylic acids is 1. The molecule has 2 aromatic rings. The van der Waals surface area contributed by atoms with Crippen molar-refractivity contribution in [1.29, 1.82) is 5.26 Å². The second-order valence-corrected chi connectivity index (χ2v) is 10.5. The molecular formula is C26H29F2N5O. The van der Waals surface area contributed by atoms with Gasteiger partial charge in [-0.15, -0.1) is 0 Å². The highest BCUT2D eigenvalue weighted by Crippen LogP contribution is 2.67. The second kappa shape index (κ2) is 8.09. The van der Waals surface area contributed by atoms with Crippen molar-refractivity contribution in [2.45, 2.75) is 44.9 Å². The van der Waals surface area contributed by atoms with Crippen LogP contribution < -0.4 is 0 Å². The summed E-state index contributed by atoms with van der Waals surface area (Å²) in [4.78, 5) is 17.1. The highest BCUT2D eigenvalue weighted by molar-refractivity contribution is 5.78. The maximum atomic E-state index is 14.4. The smallest absolute Gasteiger partial charge is 0.236 e. The Hall–Kier alpha value is -2.92. The fraction of sp³-hybridized carbons (Fsp3) is 0.538. The predicted molar refractivity (Wildman–Crippen MR) is 123 cm³/mol. The van der Waals surface area contributed by atoms with E-state index in [2.05, 4.69) is 30.1 Å². The zero-order valence-corrected chi connectivity index (χ0v) is 19.8. The van der Waals surface area contributed by atoms with Gasteiger partial charge in [0.15, 0.2) is 0 Å². The lowest BCUT2D eigenvalue weighted by Gasteiger charge is -2.42. The standard InChI is InChI=1S/C26H29F2N5O/c1-4-33(22(34)14-32-12-16(11-29)13-32)15-26-9-8-18(25(26,2)3)17-10-21(30-31-24(17)26)23-19(27)6-5-7-20(23)28/h5-7,10,16,18H,4,8-9,12-15H2,1-3H3/t18-,26-/m0/s1. The van der Waals surface area contributed by atoms with Crippen LogP contribution in [-0.4, -0.2) is 58.6 Å². The number of nitriles is 1. The van der Waals surface area contributed by atoms with E-state index in [9.17, 15) is 13.6 Å². The molecule has 1 saturated heterocycles. The summed E-state index contributed by atoms with van der Waals surface area (Å²) in [7, 11) is 0. The molecule has 1 aliphatic heterocycles. The fourth-order valence-corrected chi connectivity index (χ4v) is 6.42. The summed E-state index contributed by atoms with van der Waals surface area (Å²) < 4.78 is 28.8. The maximum Gasteiger partial charge on any atom is 0.236 e. The van der Waals surface area contributed by atoms with Gasteiger partial charge in [-0.25, -0.2) is 8.78 Å². The Bertz CT molecular complexity index is 1170. The van der Waals surface area contributed by atoms with Gasteiger partial charge in [-0.3, -0.25) is 9.69 Å². The van der Waals surface area contributed by atoms with Gasteiger partial charge in [-0.1, -0.05) is 19.9 Å². The van der Waals surface area contributed by atoms with Crippen LogP contribution in [0.3, 0.4) is 0 Å². The molecular weight excluding hydrogens is 436 g/mol. The van der Waals surface area contributed by atoms with Crippen LogP contribution in [0, 0.1) is 34.3 Å². The lowest BCUT2D eigenvalue weighted by Crippen LogP contribution is -2.54. The van der Waals surface area contributed by atoms with Crippen LogP contribution in [0.2, 0.25) is 0 Å². The molecule has 1 aromatic carbocycles. The number of halogens is 2. The third kappa shape index (κ3) is 3.24. The van der Waals surface area contributed by atoms with E-state index in [1.54, 1.807) is 6.07 Å². The lowest BCUT2D eigenvalue weighted by atomic mass is 9.68. The maximum absolute atomic E-state index is 14.4. The number of nitrogens with zero attached hydrogens (tertiary/aromatic N) is 5. The van der Waals surface area contributed by atoms with Crippen LogP contribution >= 0.6 is 0 Å². The first kappa shape index (κ1) is 22.9. The molecule has 5 rings (SSSR count). The van der Waals surface area contributed by atoms with Crippen molar-refractivity contribution in [3.8, 4) is 17.3 Å². The van der Waals surface area contributed by atoms with Gasteiger partial charge in [-0.05, 0) is 54.9 Å². The van der Waals surface area contributed by atoms with Crippen LogP contribution in [0.1, 0.15) is 50.8 Å². The van der Waals surface area contributed by atoms with Crippen molar-refractivity contribution < 1.29 is 13.6 Å². The van der Waals surface area contributed by atoms with Crippen LogP contribution in [0.25, 0.3) is 11.3 Å². The fourth-order valence-electron chi connectivity index (χ4n) is 6.42. The largest absolute Gasteiger partial charge is 0.341 e. The lowest BCUT2D eigenvalue weighted by molar-refractivity contribution is -0.135. The van der Waals surface area contributed by atoms with E-state index in [-0.39, 0.29) is 39.8 Å². The molecule has 2 fully saturated rings.